The van der Waals surface area contributed by atoms with Gasteiger partial charge in [-0.3, -0.25) is 4.90 Å². The van der Waals surface area contributed by atoms with E-state index in [1.807, 2.05) is 0 Å². The summed E-state index contributed by atoms with van der Waals surface area (Å²) >= 11 is 0. The van der Waals surface area contributed by atoms with Crippen LogP contribution in [-0.4, -0.2) is 27.5 Å². The van der Waals surface area contributed by atoms with Crippen LogP contribution in [0.1, 0.15) is 62.4 Å². The zero-order valence-corrected chi connectivity index (χ0v) is 13.7. The van der Waals surface area contributed by atoms with Crippen molar-refractivity contribution in [3.63, 3.8) is 0 Å². The lowest BCUT2D eigenvalue weighted by atomic mass is 9.91. The summed E-state index contributed by atoms with van der Waals surface area (Å²) in [6.07, 6.45) is 10.5. The van der Waals surface area contributed by atoms with E-state index in [0.717, 1.165) is 18.4 Å². The molecule has 3 heteroatoms. The zero-order valence-electron chi connectivity index (χ0n) is 13.7. The number of nitrogens with zero attached hydrogens (tertiary/aromatic N) is 2. The highest BCUT2D eigenvalue weighted by molar-refractivity contribution is 5.77. The van der Waals surface area contributed by atoms with E-state index >= 15 is 0 Å². The summed E-state index contributed by atoms with van der Waals surface area (Å²) in [5.41, 5.74) is 5.47. The fourth-order valence-electron chi connectivity index (χ4n) is 4.29. The lowest BCUT2D eigenvalue weighted by Crippen LogP contribution is -2.38. The number of piperidine rings is 1. The molecule has 1 atom stereocenters. The molecule has 1 unspecified atom stereocenters. The molecule has 0 saturated carbocycles. The number of H-pyrrole nitrogens is 1. The van der Waals surface area contributed by atoms with E-state index < -0.39 is 0 Å². The van der Waals surface area contributed by atoms with Crippen molar-refractivity contribution in [2.24, 2.45) is 0 Å². The number of fused-ring (bicyclic) bond motifs is 2. The number of aromatic amines is 1. The predicted molar refractivity (Wildman–Crippen MR) is 91.1 cm³/mol. The summed E-state index contributed by atoms with van der Waals surface area (Å²) in [6, 6.07) is 5.43. The summed E-state index contributed by atoms with van der Waals surface area (Å²) in [5.74, 6) is 1.15. The van der Waals surface area contributed by atoms with Gasteiger partial charge in [0.1, 0.15) is 5.82 Å². The van der Waals surface area contributed by atoms with Gasteiger partial charge >= 0.3 is 0 Å². The zero-order chi connectivity index (χ0) is 14.9. The molecular formula is C19H27N3. The molecule has 0 radical (unpaired) electrons. The minimum atomic E-state index is 0.746. The molecular weight excluding hydrogens is 270 g/mol. The van der Waals surface area contributed by atoms with Gasteiger partial charge in [-0.2, -0.15) is 0 Å². The summed E-state index contributed by atoms with van der Waals surface area (Å²) in [4.78, 5) is 11.1. The molecule has 1 aliphatic carbocycles. The second kappa shape index (κ2) is 6.04. The minimum absolute atomic E-state index is 0.746. The highest BCUT2D eigenvalue weighted by Crippen LogP contribution is 2.27. The van der Waals surface area contributed by atoms with Gasteiger partial charge in [-0.1, -0.05) is 13.3 Å². The summed E-state index contributed by atoms with van der Waals surface area (Å²) in [7, 11) is 0. The lowest BCUT2D eigenvalue weighted by molar-refractivity contribution is 0.133. The average molecular weight is 297 g/mol. The quantitative estimate of drug-likeness (QED) is 0.920. The van der Waals surface area contributed by atoms with Crippen molar-refractivity contribution in [1.29, 1.82) is 0 Å². The number of rotatable bonds is 3. The number of likely N-dealkylation sites (tertiary alicyclic amines) is 1. The second-order valence-electron chi connectivity index (χ2n) is 7.06. The molecule has 1 aromatic heterocycles. The third-order valence-corrected chi connectivity index (χ3v) is 5.57. The predicted octanol–water partition coefficient (Wildman–Crippen LogP) is 4.21. The van der Waals surface area contributed by atoms with Crippen LogP contribution in [0.4, 0.5) is 0 Å². The van der Waals surface area contributed by atoms with Crippen molar-refractivity contribution in [3.8, 4) is 0 Å². The number of aromatic nitrogens is 2. The Labute approximate surface area is 133 Å². The topological polar surface area (TPSA) is 31.9 Å². The molecule has 1 fully saturated rings. The van der Waals surface area contributed by atoms with Crippen LogP contribution in [0.5, 0.6) is 0 Å². The number of aryl methyl sites for hydroxylation is 2. The normalized spacial score (nSPS) is 22.9. The van der Waals surface area contributed by atoms with Crippen LogP contribution >= 0.6 is 0 Å². The molecule has 0 bridgehead atoms. The number of benzene rings is 1. The van der Waals surface area contributed by atoms with Crippen molar-refractivity contribution in [2.75, 3.05) is 6.54 Å². The van der Waals surface area contributed by atoms with Gasteiger partial charge in [0.05, 0.1) is 17.6 Å². The molecule has 3 nitrogen and oxygen atoms in total. The molecule has 2 heterocycles. The van der Waals surface area contributed by atoms with Crippen LogP contribution in [0.3, 0.4) is 0 Å². The van der Waals surface area contributed by atoms with Gasteiger partial charge < -0.3 is 4.98 Å². The van der Waals surface area contributed by atoms with Crippen LogP contribution in [-0.2, 0) is 19.4 Å². The molecule has 2 aromatic rings. The SMILES string of the molecule is CCC1CCCCN1Cc1nc2cc3c(cc2[nH]1)CCCC3. The van der Waals surface area contributed by atoms with Crippen LogP contribution in [0.15, 0.2) is 12.1 Å². The number of hydrogen-bond donors (Lipinski definition) is 1. The van der Waals surface area contributed by atoms with E-state index in [1.54, 1.807) is 5.56 Å². The highest BCUT2D eigenvalue weighted by atomic mass is 15.2. The molecule has 4 rings (SSSR count). The maximum absolute atomic E-state index is 4.89. The molecule has 2 aliphatic rings. The Morgan fingerprint density at radius 3 is 2.77 bits per heavy atom. The number of imidazole rings is 1. The molecule has 1 saturated heterocycles. The Kier molecular flexibility index (Phi) is 3.91. The third-order valence-electron chi connectivity index (χ3n) is 5.57. The highest BCUT2D eigenvalue weighted by Gasteiger charge is 2.22. The Balaban J connectivity index is 1.59. The first kappa shape index (κ1) is 14.3. The van der Waals surface area contributed by atoms with Gasteiger partial charge in [0, 0.05) is 6.04 Å². The van der Waals surface area contributed by atoms with Crippen LogP contribution in [0, 0.1) is 0 Å². The Hall–Kier alpha value is -1.35. The smallest absolute Gasteiger partial charge is 0.121 e. The van der Waals surface area contributed by atoms with Crippen molar-refractivity contribution in [3.05, 3.63) is 29.1 Å². The average Bonchev–Trinajstić information content (AvgIpc) is 2.94. The van der Waals surface area contributed by atoms with E-state index in [2.05, 4.69) is 28.9 Å². The fourth-order valence-corrected chi connectivity index (χ4v) is 4.29. The second-order valence-corrected chi connectivity index (χ2v) is 7.06. The van der Waals surface area contributed by atoms with E-state index in [-0.39, 0.29) is 0 Å². The molecule has 1 aliphatic heterocycles. The maximum atomic E-state index is 4.89. The van der Waals surface area contributed by atoms with Crippen LogP contribution in [0.2, 0.25) is 0 Å². The minimum Gasteiger partial charge on any atom is -0.341 e. The van der Waals surface area contributed by atoms with Gasteiger partial charge in [0.2, 0.25) is 0 Å². The van der Waals surface area contributed by atoms with Crippen molar-refractivity contribution >= 4 is 11.0 Å². The molecule has 118 valence electrons. The van der Waals surface area contributed by atoms with Gasteiger partial charge in [0.15, 0.2) is 0 Å². The van der Waals surface area contributed by atoms with Gasteiger partial charge in [0.25, 0.3) is 0 Å². The lowest BCUT2D eigenvalue weighted by Gasteiger charge is -2.34. The van der Waals surface area contributed by atoms with Crippen LogP contribution < -0.4 is 0 Å². The first-order valence-corrected chi connectivity index (χ1v) is 9.08. The molecule has 0 spiro atoms. The molecule has 0 amide bonds. The molecule has 22 heavy (non-hydrogen) atoms. The summed E-state index contributed by atoms with van der Waals surface area (Å²) < 4.78 is 0. The Bertz CT molecular complexity index is 615. The molecule has 1 aromatic carbocycles. The maximum Gasteiger partial charge on any atom is 0.121 e. The van der Waals surface area contributed by atoms with Crippen LogP contribution in [0.25, 0.3) is 11.0 Å². The first-order valence-electron chi connectivity index (χ1n) is 9.08. The van der Waals surface area contributed by atoms with Crippen molar-refractivity contribution in [2.45, 2.75) is 70.9 Å². The number of hydrogen-bond acceptors (Lipinski definition) is 2. The monoisotopic (exact) mass is 297 g/mol. The van der Waals surface area contributed by atoms with Gasteiger partial charge in [-0.15, -0.1) is 0 Å². The number of nitrogens with one attached hydrogen (secondary N) is 1. The van der Waals surface area contributed by atoms with E-state index in [1.165, 1.54) is 74.5 Å². The molecule has 1 N–H and O–H groups in total. The largest absolute Gasteiger partial charge is 0.341 e. The fraction of sp³-hybridized carbons (Fsp3) is 0.632. The van der Waals surface area contributed by atoms with Crippen molar-refractivity contribution < 1.29 is 0 Å². The Morgan fingerprint density at radius 1 is 1.14 bits per heavy atom. The van der Waals surface area contributed by atoms with E-state index in [0.29, 0.717) is 0 Å². The Morgan fingerprint density at radius 2 is 1.95 bits per heavy atom. The standard InChI is InChI=1S/C19H27N3/c1-2-16-9-5-6-10-22(16)13-19-20-17-11-14-7-3-4-8-15(14)12-18(17)21-19/h11-12,16H,2-10,13H2,1H3,(H,20,21). The van der Waals surface area contributed by atoms with E-state index in [9.17, 15) is 0 Å². The summed E-state index contributed by atoms with van der Waals surface area (Å²) in [6.45, 7) is 4.53. The third kappa shape index (κ3) is 2.67. The summed E-state index contributed by atoms with van der Waals surface area (Å²) in [5, 5.41) is 0. The van der Waals surface area contributed by atoms with Gasteiger partial charge in [-0.05, 0) is 74.8 Å². The van der Waals surface area contributed by atoms with Crippen molar-refractivity contribution in [1.82, 2.24) is 14.9 Å². The van der Waals surface area contributed by atoms with Gasteiger partial charge in [-0.25, -0.2) is 4.98 Å². The van der Waals surface area contributed by atoms with E-state index in [4.69, 9.17) is 4.98 Å². The first-order chi connectivity index (χ1) is 10.8.